The van der Waals surface area contributed by atoms with Crippen molar-refractivity contribution < 1.29 is 4.79 Å². The average Bonchev–Trinajstić information content (AvgIpc) is 1.84. The summed E-state index contributed by atoms with van der Waals surface area (Å²) in [5, 5.41) is -0.296. The molecule has 9 heavy (non-hydrogen) atoms. The van der Waals surface area contributed by atoms with Gasteiger partial charge < -0.3 is 0 Å². The van der Waals surface area contributed by atoms with Crippen LogP contribution in [0.2, 0.25) is 0 Å². The van der Waals surface area contributed by atoms with Crippen molar-refractivity contribution in [3.63, 3.8) is 0 Å². The Morgan fingerprint density at radius 2 is 2.11 bits per heavy atom. The lowest BCUT2D eigenvalue weighted by Crippen LogP contribution is -2.38. The molecule has 0 saturated heterocycles. The summed E-state index contributed by atoms with van der Waals surface area (Å²) in [4.78, 5) is 10.6. The highest BCUT2D eigenvalue weighted by Gasteiger charge is 2.15. The summed E-state index contributed by atoms with van der Waals surface area (Å²) in [6, 6.07) is 0. The van der Waals surface area contributed by atoms with Gasteiger partial charge in [0, 0.05) is 0 Å². The van der Waals surface area contributed by atoms with Crippen molar-refractivity contribution in [2.24, 2.45) is 11.8 Å². The molecule has 0 rings (SSSR count). The fourth-order valence-electron chi connectivity index (χ4n) is 0.388. The second-order valence-corrected chi connectivity index (χ2v) is 2.75. The number of hydrogen-bond donors (Lipinski definition) is 3. The van der Waals surface area contributed by atoms with Crippen LogP contribution in [0.4, 0.5) is 0 Å². The Hall–Kier alpha value is -0.220. The van der Waals surface area contributed by atoms with Gasteiger partial charge >= 0.3 is 0 Å². The smallest absolute Gasteiger partial charge is 0.246 e. The van der Waals surface area contributed by atoms with E-state index in [1.54, 1.807) is 0 Å². The van der Waals surface area contributed by atoms with Crippen LogP contribution in [-0.4, -0.2) is 11.2 Å². The van der Waals surface area contributed by atoms with Gasteiger partial charge in [-0.15, -0.1) is 0 Å². The SMILES string of the molecule is CC(C)C(S)C(=O)NN. The number of nitrogens with one attached hydrogen (secondary N) is 1. The molecule has 1 unspecified atom stereocenters. The minimum Gasteiger partial charge on any atom is -0.293 e. The molecule has 1 atom stereocenters. The second-order valence-electron chi connectivity index (χ2n) is 2.20. The standard InChI is InChI=1S/C5H12N2OS/c1-3(2)4(9)5(8)7-6/h3-4,9H,6H2,1-2H3,(H,7,8). The van der Waals surface area contributed by atoms with Crippen molar-refractivity contribution >= 4 is 18.5 Å². The molecular weight excluding hydrogens is 136 g/mol. The van der Waals surface area contributed by atoms with Gasteiger partial charge in [-0.3, -0.25) is 10.2 Å². The van der Waals surface area contributed by atoms with Crippen molar-refractivity contribution in [3.8, 4) is 0 Å². The molecule has 0 bridgehead atoms. The molecule has 0 heterocycles. The van der Waals surface area contributed by atoms with E-state index in [4.69, 9.17) is 5.84 Å². The molecule has 0 aromatic heterocycles. The minimum absolute atomic E-state index is 0.219. The van der Waals surface area contributed by atoms with Crippen LogP contribution in [0.1, 0.15) is 13.8 Å². The molecule has 0 saturated carbocycles. The van der Waals surface area contributed by atoms with Gasteiger partial charge in [-0.25, -0.2) is 5.84 Å². The molecule has 0 fully saturated rings. The Labute approximate surface area is 60.4 Å². The highest BCUT2D eigenvalue weighted by atomic mass is 32.1. The monoisotopic (exact) mass is 148 g/mol. The normalized spacial score (nSPS) is 13.4. The third kappa shape index (κ3) is 2.72. The van der Waals surface area contributed by atoms with Crippen LogP contribution >= 0.6 is 12.6 Å². The molecule has 0 spiro atoms. The largest absolute Gasteiger partial charge is 0.293 e. The number of carbonyl (C=O) groups is 1. The van der Waals surface area contributed by atoms with Crippen LogP contribution in [0.3, 0.4) is 0 Å². The zero-order valence-corrected chi connectivity index (χ0v) is 6.48. The van der Waals surface area contributed by atoms with Crippen LogP contribution < -0.4 is 11.3 Å². The molecule has 0 radical (unpaired) electrons. The highest BCUT2D eigenvalue weighted by molar-refractivity contribution is 7.81. The summed E-state index contributed by atoms with van der Waals surface area (Å²) in [6.45, 7) is 3.82. The third-order valence-electron chi connectivity index (χ3n) is 1.04. The zero-order valence-electron chi connectivity index (χ0n) is 5.59. The first kappa shape index (κ1) is 8.78. The first-order chi connectivity index (χ1) is 4.09. The minimum atomic E-state index is -0.296. The Morgan fingerprint density at radius 3 is 2.22 bits per heavy atom. The number of hydrogen-bond acceptors (Lipinski definition) is 3. The second kappa shape index (κ2) is 3.74. The fraction of sp³-hybridized carbons (Fsp3) is 0.800. The number of thiol groups is 1. The van der Waals surface area contributed by atoms with E-state index in [1.165, 1.54) is 0 Å². The van der Waals surface area contributed by atoms with E-state index in [0.717, 1.165) is 0 Å². The van der Waals surface area contributed by atoms with Crippen molar-refractivity contribution in [2.45, 2.75) is 19.1 Å². The summed E-state index contributed by atoms with van der Waals surface area (Å²) < 4.78 is 0. The summed E-state index contributed by atoms with van der Waals surface area (Å²) in [5.41, 5.74) is 2.03. The predicted octanol–water partition coefficient (Wildman–Crippen LogP) is -0.0693. The van der Waals surface area contributed by atoms with Crippen molar-refractivity contribution in [2.75, 3.05) is 0 Å². The van der Waals surface area contributed by atoms with Crippen LogP contribution in [-0.2, 0) is 4.79 Å². The first-order valence-electron chi connectivity index (χ1n) is 2.78. The quantitative estimate of drug-likeness (QED) is 0.222. The van der Waals surface area contributed by atoms with Gasteiger partial charge in [0.25, 0.3) is 0 Å². The fourth-order valence-corrected chi connectivity index (χ4v) is 0.463. The Kier molecular flexibility index (Phi) is 3.65. The first-order valence-corrected chi connectivity index (χ1v) is 3.29. The van der Waals surface area contributed by atoms with E-state index in [1.807, 2.05) is 19.3 Å². The Balaban J connectivity index is 3.72. The summed E-state index contributed by atoms with van der Waals surface area (Å²) in [5.74, 6) is 4.85. The summed E-state index contributed by atoms with van der Waals surface area (Å²) in [6.07, 6.45) is 0. The van der Waals surface area contributed by atoms with E-state index in [9.17, 15) is 4.79 Å². The number of nitrogens with two attached hydrogens (primary N) is 1. The maximum atomic E-state index is 10.6. The maximum Gasteiger partial charge on any atom is 0.246 e. The number of carbonyl (C=O) groups excluding carboxylic acids is 1. The van der Waals surface area contributed by atoms with Crippen molar-refractivity contribution in [3.05, 3.63) is 0 Å². The molecule has 54 valence electrons. The van der Waals surface area contributed by atoms with Crippen LogP contribution in [0.25, 0.3) is 0 Å². The van der Waals surface area contributed by atoms with Gasteiger partial charge in [-0.05, 0) is 5.92 Å². The third-order valence-corrected chi connectivity index (χ3v) is 1.87. The lowest BCUT2D eigenvalue weighted by atomic mass is 10.1. The molecular formula is C5H12N2OS. The molecule has 4 heteroatoms. The number of hydrazine groups is 1. The molecule has 0 aliphatic heterocycles. The van der Waals surface area contributed by atoms with E-state index in [0.29, 0.717) is 0 Å². The zero-order chi connectivity index (χ0) is 7.44. The van der Waals surface area contributed by atoms with E-state index < -0.39 is 0 Å². The molecule has 0 aliphatic carbocycles. The van der Waals surface area contributed by atoms with Crippen LogP contribution in [0.5, 0.6) is 0 Å². The van der Waals surface area contributed by atoms with Gasteiger partial charge in [0.15, 0.2) is 0 Å². The van der Waals surface area contributed by atoms with Gasteiger partial charge in [0.2, 0.25) is 5.91 Å². The summed E-state index contributed by atoms with van der Waals surface area (Å²) in [7, 11) is 0. The molecule has 3 nitrogen and oxygen atoms in total. The molecule has 0 aromatic rings. The van der Waals surface area contributed by atoms with E-state index in [-0.39, 0.29) is 17.1 Å². The summed E-state index contributed by atoms with van der Waals surface area (Å²) >= 11 is 4.01. The van der Waals surface area contributed by atoms with Gasteiger partial charge in [-0.1, -0.05) is 13.8 Å². The predicted molar refractivity (Wildman–Crippen MR) is 39.9 cm³/mol. The van der Waals surface area contributed by atoms with E-state index >= 15 is 0 Å². The highest BCUT2D eigenvalue weighted by Crippen LogP contribution is 2.07. The number of amides is 1. The Morgan fingerprint density at radius 1 is 1.67 bits per heavy atom. The van der Waals surface area contributed by atoms with Gasteiger partial charge in [0.05, 0.1) is 5.25 Å². The lowest BCUT2D eigenvalue weighted by molar-refractivity contribution is -0.121. The van der Waals surface area contributed by atoms with Gasteiger partial charge in [-0.2, -0.15) is 12.6 Å². The molecule has 0 aromatic carbocycles. The average molecular weight is 148 g/mol. The van der Waals surface area contributed by atoms with E-state index in [2.05, 4.69) is 12.6 Å². The molecule has 3 N–H and O–H groups in total. The molecule has 0 aliphatic rings. The van der Waals surface area contributed by atoms with Gasteiger partial charge in [0.1, 0.15) is 0 Å². The Bertz CT molecular complexity index is 105. The lowest BCUT2D eigenvalue weighted by Gasteiger charge is -2.11. The number of rotatable bonds is 2. The topological polar surface area (TPSA) is 55.1 Å². The molecule has 1 amide bonds. The van der Waals surface area contributed by atoms with Crippen molar-refractivity contribution in [1.82, 2.24) is 5.43 Å². The van der Waals surface area contributed by atoms with Crippen molar-refractivity contribution in [1.29, 1.82) is 0 Å². The van der Waals surface area contributed by atoms with Crippen LogP contribution in [0, 0.1) is 5.92 Å². The van der Waals surface area contributed by atoms with Crippen LogP contribution in [0.15, 0.2) is 0 Å². The maximum absolute atomic E-state index is 10.6.